The van der Waals surface area contributed by atoms with Crippen molar-refractivity contribution in [3.05, 3.63) is 23.0 Å². The number of hydrogen-bond donors (Lipinski definition) is 2. The van der Waals surface area contributed by atoms with Crippen LogP contribution in [0.5, 0.6) is 0 Å². The number of rotatable bonds is 3. The van der Waals surface area contributed by atoms with Gasteiger partial charge in [0, 0.05) is 22.8 Å². The highest BCUT2D eigenvalue weighted by atomic mass is 16.5. The quantitative estimate of drug-likeness (QED) is 0.874. The van der Waals surface area contributed by atoms with Crippen molar-refractivity contribution in [2.45, 2.75) is 84.3 Å². The lowest BCUT2D eigenvalue weighted by molar-refractivity contribution is 0.0874. The maximum absolute atomic E-state index is 13.1. The first-order chi connectivity index (χ1) is 12.0. The van der Waals surface area contributed by atoms with Crippen LogP contribution in [-0.4, -0.2) is 33.2 Å². The third-order valence-corrected chi connectivity index (χ3v) is 5.00. The Morgan fingerprint density at radius 2 is 1.88 bits per heavy atom. The third kappa shape index (κ3) is 3.75. The van der Waals surface area contributed by atoms with E-state index in [0.29, 0.717) is 22.4 Å². The Hall–Kier alpha value is -1.95. The van der Waals surface area contributed by atoms with Crippen molar-refractivity contribution >= 4 is 17.0 Å². The standard InChI is InChI=1S/C20H30N4O2/c1-11(2)15-8-14(16-12(3)23-26-18(16)22-15)17(25)21-13-9-19(4,5)24-20(6,7)10-13/h8,11,13,24H,9-10H2,1-7H3,(H,21,25). The summed E-state index contributed by atoms with van der Waals surface area (Å²) < 4.78 is 5.34. The molecule has 0 unspecified atom stereocenters. The molecular weight excluding hydrogens is 328 g/mol. The monoisotopic (exact) mass is 358 g/mol. The highest BCUT2D eigenvalue weighted by Gasteiger charge is 2.38. The summed E-state index contributed by atoms with van der Waals surface area (Å²) in [5, 5.41) is 11.6. The lowest BCUT2D eigenvalue weighted by Gasteiger charge is -2.46. The molecule has 3 rings (SSSR count). The normalized spacial score (nSPS) is 19.8. The van der Waals surface area contributed by atoms with Crippen LogP contribution in [-0.2, 0) is 0 Å². The fourth-order valence-electron chi connectivity index (χ4n) is 4.28. The molecule has 0 spiro atoms. The molecule has 1 fully saturated rings. The number of nitrogens with one attached hydrogen (secondary N) is 2. The summed E-state index contributed by atoms with van der Waals surface area (Å²) in [6.45, 7) is 14.7. The number of piperidine rings is 1. The molecule has 1 aliphatic heterocycles. The highest BCUT2D eigenvalue weighted by Crippen LogP contribution is 2.30. The minimum Gasteiger partial charge on any atom is -0.349 e. The minimum atomic E-state index is -0.0795. The Balaban J connectivity index is 1.93. The number of fused-ring (bicyclic) bond motifs is 1. The fraction of sp³-hybridized carbons (Fsp3) is 0.650. The Kier molecular flexibility index (Phi) is 4.59. The number of amides is 1. The predicted molar refractivity (Wildman–Crippen MR) is 102 cm³/mol. The van der Waals surface area contributed by atoms with Gasteiger partial charge in [-0.1, -0.05) is 19.0 Å². The molecule has 1 amide bonds. The number of nitrogens with zero attached hydrogens (tertiary/aromatic N) is 2. The molecule has 26 heavy (non-hydrogen) atoms. The summed E-state index contributed by atoms with van der Waals surface area (Å²) in [5.74, 6) is 0.122. The summed E-state index contributed by atoms with van der Waals surface area (Å²) in [7, 11) is 0. The van der Waals surface area contributed by atoms with Crippen LogP contribution in [0.25, 0.3) is 11.1 Å². The molecule has 0 radical (unpaired) electrons. The van der Waals surface area contributed by atoms with E-state index >= 15 is 0 Å². The van der Waals surface area contributed by atoms with Gasteiger partial charge in [-0.3, -0.25) is 4.79 Å². The molecule has 0 bridgehead atoms. The van der Waals surface area contributed by atoms with Crippen LogP contribution in [0.4, 0.5) is 0 Å². The number of carbonyl (C=O) groups excluding carboxylic acids is 1. The molecule has 0 aliphatic carbocycles. The first-order valence-corrected chi connectivity index (χ1v) is 9.34. The van der Waals surface area contributed by atoms with E-state index in [0.717, 1.165) is 18.5 Å². The van der Waals surface area contributed by atoms with Gasteiger partial charge in [-0.15, -0.1) is 0 Å². The van der Waals surface area contributed by atoms with Crippen LogP contribution in [0.3, 0.4) is 0 Å². The zero-order valence-electron chi connectivity index (χ0n) is 16.9. The molecule has 6 heteroatoms. The van der Waals surface area contributed by atoms with Gasteiger partial charge in [-0.2, -0.15) is 0 Å². The topological polar surface area (TPSA) is 80.0 Å². The molecule has 1 saturated heterocycles. The van der Waals surface area contributed by atoms with E-state index in [-0.39, 0.29) is 28.9 Å². The van der Waals surface area contributed by atoms with E-state index < -0.39 is 0 Å². The van der Waals surface area contributed by atoms with Gasteiger partial charge < -0.3 is 15.2 Å². The van der Waals surface area contributed by atoms with Crippen molar-refractivity contribution in [2.24, 2.45) is 0 Å². The van der Waals surface area contributed by atoms with Crippen molar-refractivity contribution in [3.8, 4) is 0 Å². The van der Waals surface area contributed by atoms with Crippen LogP contribution in [0, 0.1) is 6.92 Å². The number of carbonyl (C=O) groups is 1. The minimum absolute atomic E-state index is 0.0243. The maximum atomic E-state index is 13.1. The van der Waals surface area contributed by atoms with Crippen LogP contribution in [0.1, 0.15) is 82.0 Å². The van der Waals surface area contributed by atoms with E-state index in [1.807, 2.05) is 13.0 Å². The first kappa shape index (κ1) is 18.8. The Bertz CT molecular complexity index is 820. The van der Waals surface area contributed by atoms with Gasteiger partial charge in [0.25, 0.3) is 11.6 Å². The molecule has 142 valence electrons. The third-order valence-electron chi connectivity index (χ3n) is 5.00. The van der Waals surface area contributed by atoms with Crippen molar-refractivity contribution in [3.63, 3.8) is 0 Å². The van der Waals surface area contributed by atoms with Crippen LogP contribution in [0.2, 0.25) is 0 Å². The molecule has 2 aromatic rings. The van der Waals surface area contributed by atoms with Crippen molar-refractivity contribution in [1.29, 1.82) is 0 Å². The average molecular weight is 358 g/mol. The lowest BCUT2D eigenvalue weighted by Crippen LogP contribution is -2.62. The fourth-order valence-corrected chi connectivity index (χ4v) is 4.28. The molecule has 1 aliphatic rings. The van der Waals surface area contributed by atoms with Crippen molar-refractivity contribution in [1.82, 2.24) is 20.8 Å². The van der Waals surface area contributed by atoms with E-state index in [1.54, 1.807) is 0 Å². The second-order valence-corrected chi connectivity index (χ2v) is 9.17. The van der Waals surface area contributed by atoms with Gasteiger partial charge in [-0.05, 0) is 59.4 Å². The molecule has 2 aromatic heterocycles. The highest BCUT2D eigenvalue weighted by molar-refractivity contribution is 6.06. The molecule has 2 N–H and O–H groups in total. The Morgan fingerprint density at radius 3 is 2.46 bits per heavy atom. The second kappa shape index (κ2) is 6.34. The second-order valence-electron chi connectivity index (χ2n) is 9.17. The summed E-state index contributed by atoms with van der Waals surface area (Å²) in [5.41, 5.74) is 2.52. The van der Waals surface area contributed by atoms with Crippen LogP contribution >= 0.6 is 0 Å². The first-order valence-electron chi connectivity index (χ1n) is 9.34. The SMILES string of the molecule is Cc1noc2nc(C(C)C)cc(C(=O)NC3CC(C)(C)NC(C)(C)C3)c12. The smallest absolute Gasteiger partial charge is 0.259 e. The lowest BCUT2D eigenvalue weighted by atomic mass is 9.79. The maximum Gasteiger partial charge on any atom is 0.259 e. The molecule has 0 atom stereocenters. The zero-order valence-corrected chi connectivity index (χ0v) is 16.9. The predicted octanol–water partition coefficient (Wildman–Crippen LogP) is 3.69. The number of aryl methyl sites for hydroxylation is 1. The van der Waals surface area contributed by atoms with Gasteiger partial charge >= 0.3 is 0 Å². The van der Waals surface area contributed by atoms with Crippen molar-refractivity contribution in [2.75, 3.05) is 0 Å². The van der Waals surface area contributed by atoms with Crippen molar-refractivity contribution < 1.29 is 9.32 Å². The van der Waals surface area contributed by atoms with Gasteiger partial charge in [0.1, 0.15) is 0 Å². The zero-order chi connectivity index (χ0) is 19.3. The summed E-state index contributed by atoms with van der Waals surface area (Å²) in [6.07, 6.45) is 1.77. The van der Waals surface area contributed by atoms with E-state index in [1.165, 1.54) is 0 Å². The summed E-state index contributed by atoms with van der Waals surface area (Å²) in [6, 6.07) is 1.99. The van der Waals surface area contributed by atoms with E-state index in [2.05, 4.69) is 62.3 Å². The molecular formula is C20H30N4O2. The molecule has 6 nitrogen and oxygen atoms in total. The van der Waals surface area contributed by atoms with Gasteiger partial charge in [0.15, 0.2) is 0 Å². The summed E-state index contributed by atoms with van der Waals surface area (Å²) >= 11 is 0. The number of pyridine rings is 1. The van der Waals surface area contributed by atoms with Crippen LogP contribution in [0.15, 0.2) is 10.6 Å². The van der Waals surface area contributed by atoms with Crippen LogP contribution < -0.4 is 10.6 Å². The van der Waals surface area contributed by atoms with E-state index in [4.69, 9.17) is 4.52 Å². The van der Waals surface area contributed by atoms with Gasteiger partial charge in [0.2, 0.25) is 0 Å². The van der Waals surface area contributed by atoms with Gasteiger partial charge in [-0.25, -0.2) is 4.98 Å². The number of aromatic nitrogens is 2. The molecule has 3 heterocycles. The largest absolute Gasteiger partial charge is 0.349 e. The Labute approximate surface area is 155 Å². The van der Waals surface area contributed by atoms with E-state index in [9.17, 15) is 4.79 Å². The average Bonchev–Trinajstić information content (AvgIpc) is 2.84. The Morgan fingerprint density at radius 1 is 1.27 bits per heavy atom. The molecule has 0 aromatic carbocycles. The number of hydrogen-bond acceptors (Lipinski definition) is 5. The molecule has 0 saturated carbocycles. The summed E-state index contributed by atoms with van der Waals surface area (Å²) in [4.78, 5) is 17.7. The van der Waals surface area contributed by atoms with Gasteiger partial charge in [0.05, 0.1) is 16.6 Å².